The van der Waals surface area contributed by atoms with Crippen LogP contribution in [0.15, 0.2) is 41.6 Å². The molecule has 2 heterocycles. The van der Waals surface area contributed by atoms with Crippen LogP contribution >= 0.6 is 11.8 Å². The summed E-state index contributed by atoms with van der Waals surface area (Å²) in [4.78, 5) is 23.0. The quantitative estimate of drug-likeness (QED) is 0.521. The number of nitrogens with one attached hydrogen (secondary N) is 1. The Morgan fingerprint density at radius 3 is 2.69 bits per heavy atom. The van der Waals surface area contributed by atoms with Gasteiger partial charge in [-0.25, -0.2) is 9.97 Å². The number of rotatable bonds is 6. The van der Waals surface area contributed by atoms with Gasteiger partial charge in [0.2, 0.25) is 5.91 Å². The van der Waals surface area contributed by atoms with Crippen molar-refractivity contribution in [1.29, 1.82) is 0 Å². The second-order valence-electron chi connectivity index (χ2n) is 6.48. The average molecular weight is 372 g/mol. The number of nitrogens with zero attached hydrogens (tertiary/aromatic N) is 3. The third-order valence-electron chi connectivity index (χ3n) is 4.26. The van der Waals surface area contributed by atoms with Gasteiger partial charge in [0.25, 0.3) is 0 Å². The molecule has 138 valence electrons. The highest BCUT2D eigenvalue weighted by atomic mass is 32.2. The summed E-state index contributed by atoms with van der Waals surface area (Å²) in [5, 5.41) is 3.22. The maximum atomic E-state index is 12.5. The topological polar surface area (TPSA) is 110 Å². The van der Waals surface area contributed by atoms with Crippen LogP contribution in [-0.2, 0) is 11.3 Å². The highest BCUT2D eigenvalue weighted by Gasteiger charge is 2.26. The minimum Gasteiger partial charge on any atom is -0.383 e. The van der Waals surface area contributed by atoms with Crippen LogP contribution in [0.5, 0.6) is 0 Å². The first-order valence-electron chi connectivity index (χ1n) is 8.63. The van der Waals surface area contributed by atoms with E-state index in [1.54, 1.807) is 0 Å². The van der Waals surface area contributed by atoms with Gasteiger partial charge in [0.1, 0.15) is 11.6 Å². The lowest BCUT2D eigenvalue weighted by Crippen LogP contribution is -2.40. The summed E-state index contributed by atoms with van der Waals surface area (Å²) in [6, 6.07) is 12.0. The molecule has 0 bridgehead atoms. The standard InChI is InChI=1S/C18H24N6OS/c1-12(26-18-22-15(19)9-16(20)23-18)17(25)21-14-7-8-24(11-14)10-13-5-3-2-4-6-13/h2-6,9,12,14H,7-8,10-11H2,1H3,(H,21,25)(H4,19,20,22,23)/t12-,14+/m1/s1. The Morgan fingerprint density at radius 2 is 2.00 bits per heavy atom. The van der Waals surface area contributed by atoms with Gasteiger partial charge in [0.05, 0.1) is 5.25 Å². The van der Waals surface area contributed by atoms with E-state index >= 15 is 0 Å². The van der Waals surface area contributed by atoms with Crippen molar-refractivity contribution in [2.24, 2.45) is 0 Å². The van der Waals surface area contributed by atoms with E-state index in [0.717, 1.165) is 26.1 Å². The molecule has 7 nitrogen and oxygen atoms in total. The summed E-state index contributed by atoms with van der Waals surface area (Å²) in [6.45, 7) is 4.59. The van der Waals surface area contributed by atoms with Crippen LogP contribution in [0.3, 0.4) is 0 Å². The van der Waals surface area contributed by atoms with Crippen LogP contribution in [0.4, 0.5) is 11.6 Å². The molecule has 3 rings (SSSR count). The largest absolute Gasteiger partial charge is 0.383 e. The van der Waals surface area contributed by atoms with Crippen LogP contribution in [0, 0.1) is 0 Å². The average Bonchev–Trinajstić information content (AvgIpc) is 3.01. The summed E-state index contributed by atoms with van der Waals surface area (Å²) in [7, 11) is 0. The van der Waals surface area contributed by atoms with E-state index in [9.17, 15) is 4.79 Å². The zero-order valence-corrected chi connectivity index (χ0v) is 15.6. The molecule has 0 saturated carbocycles. The summed E-state index contributed by atoms with van der Waals surface area (Å²) in [5.41, 5.74) is 12.6. The molecule has 26 heavy (non-hydrogen) atoms. The van der Waals surface area contributed by atoms with Crippen molar-refractivity contribution in [3.63, 3.8) is 0 Å². The van der Waals surface area contributed by atoms with Gasteiger partial charge in [-0.2, -0.15) is 0 Å². The molecule has 0 aliphatic carbocycles. The van der Waals surface area contributed by atoms with Crippen molar-refractivity contribution in [2.45, 2.75) is 36.3 Å². The number of thioether (sulfide) groups is 1. The fourth-order valence-corrected chi connectivity index (χ4v) is 3.79. The molecule has 1 saturated heterocycles. The predicted molar refractivity (Wildman–Crippen MR) is 104 cm³/mol. The molecular weight excluding hydrogens is 348 g/mol. The first-order chi connectivity index (χ1) is 12.5. The second-order valence-corrected chi connectivity index (χ2v) is 7.78. The van der Waals surface area contributed by atoms with Crippen LogP contribution in [0.25, 0.3) is 0 Å². The first kappa shape index (κ1) is 18.5. The lowest BCUT2D eigenvalue weighted by molar-refractivity contribution is -0.120. The van der Waals surface area contributed by atoms with Gasteiger partial charge in [-0.05, 0) is 18.9 Å². The molecule has 5 N–H and O–H groups in total. The number of hydrogen-bond acceptors (Lipinski definition) is 7. The molecule has 1 amide bonds. The van der Waals surface area contributed by atoms with Gasteiger partial charge in [-0.3, -0.25) is 9.69 Å². The zero-order chi connectivity index (χ0) is 18.5. The number of hydrogen-bond donors (Lipinski definition) is 3. The van der Waals surface area contributed by atoms with Gasteiger partial charge >= 0.3 is 0 Å². The highest BCUT2D eigenvalue weighted by molar-refractivity contribution is 8.00. The smallest absolute Gasteiger partial charge is 0.233 e. The third-order valence-corrected chi connectivity index (χ3v) is 5.23. The highest BCUT2D eigenvalue weighted by Crippen LogP contribution is 2.22. The number of benzene rings is 1. The van der Waals surface area contributed by atoms with E-state index in [0.29, 0.717) is 16.8 Å². The maximum Gasteiger partial charge on any atom is 0.233 e. The molecule has 1 fully saturated rings. The predicted octanol–water partition coefficient (Wildman–Crippen LogP) is 1.51. The van der Waals surface area contributed by atoms with Gasteiger partial charge < -0.3 is 16.8 Å². The Labute approximate surface area is 157 Å². The summed E-state index contributed by atoms with van der Waals surface area (Å²) < 4.78 is 0. The van der Waals surface area contributed by atoms with Crippen LogP contribution in [0.1, 0.15) is 18.9 Å². The molecular formula is C18H24N6OS. The fourth-order valence-electron chi connectivity index (χ4n) is 2.98. The normalized spacial score (nSPS) is 18.6. The molecule has 0 spiro atoms. The van der Waals surface area contributed by atoms with Crippen molar-refractivity contribution >= 4 is 29.3 Å². The summed E-state index contributed by atoms with van der Waals surface area (Å²) in [6.07, 6.45) is 0.956. The number of carbonyl (C=O) groups is 1. The summed E-state index contributed by atoms with van der Waals surface area (Å²) >= 11 is 1.26. The van der Waals surface area contributed by atoms with E-state index in [1.165, 1.54) is 23.4 Å². The number of amides is 1. The van der Waals surface area contributed by atoms with E-state index in [-0.39, 0.29) is 17.2 Å². The molecule has 2 aromatic rings. The van der Waals surface area contributed by atoms with Crippen molar-refractivity contribution < 1.29 is 4.79 Å². The van der Waals surface area contributed by atoms with Gasteiger partial charge in [0.15, 0.2) is 5.16 Å². The second kappa shape index (κ2) is 8.37. The number of carbonyl (C=O) groups excluding carboxylic acids is 1. The lowest BCUT2D eigenvalue weighted by atomic mass is 10.2. The lowest BCUT2D eigenvalue weighted by Gasteiger charge is -2.18. The number of anilines is 2. The Hall–Kier alpha value is -2.32. The fraction of sp³-hybridized carbons (Fsp3) is 0.389. The molecule has 8 heteroatoms. The van der Waals surface area contributed by atoms with E-state index in [4.69, 9.17) is 11.5 Å². The molecule has 0 unspecified atom stereocenters. The number of nitrogen functional groups attached to an aromatic ring is 2. The SMILES string of the molecule is C[C@@H](Sc1nc(N)cc(N)n1)C(=O)N[C@H]1CCN(Cc2ccccc2)C1. The molecule has 1 aliphatic heterocycles. The van der Waals surface area contributed by atoms with Gasteiger partial charge in [-0.15, -0.1) is 0 Å². The van der Waals surface area contributed by atoms with Gasteiger partial charge in [-0.1, -0.05) is 42.1 Å². The first-order valence-corrected chi connectivity index (χ1v) is 9.51. The number of nitrogens with two attached hydrogens (primary N) is 2. The van der Waals surface area contributed by atoms with Crippen molar-refractivity contribution in [3.8, 4) is 0 Å². The minimum atomic E-state index is -0.320. The van der Waals surface area contributed by atoms with E-state index in [2.05, 4.69) is 44.5 Å². The van der Waals surface area contributed by atoms with Crippen LogP contribution in [-0.4, -0.2) is 45.2 Å². The van der Waals surface area contributed by atoms with E-state index in [1.807, 2.05) is 13.0 Å². The molecule has 1 aromatic heterocycles. The van der Waals surface area contributed by atoms with Crippen molar-refractivity contribution in [1.82, 2.24) is 20.2 Å². The van der Waals surface area contributed by atoms with Crippen LogP contribution < -0.4 is 16.8 Å². The third kappa shape index (κ3) is 5.09. The Balaban J connectivity index is 1.48. The van der Waals surface area contributed by atoms with E-state index < -0.39 is 0 Å². The maximum absolute atomic E-state index is 12.5. The number of likely N-dealkylation sites (tertiary alicyclic amines) is 1. The Bertz CT molecular complexity index is 736. The van der Waals surface area contributed by atoms with Crippen molar-refractivity contribution in [2.75, 3.05) is 24.6 Å². The zero-order valence-electron chi connectivity index (χ0n) is 14.8. The number of aromatic nitrogens is 2. The Morgan fingerprint density at radius 1 is 1.31 bits per heavy atom. The molecule has 1 aliphatic rings. The molecule has 0 radical (unpaired) electrons. The van der Waals surface area contributed by atoms with Gasteiger partial charge in [0, 0.05) is 31.7 Å². The Kier molecular flexibility index (Phi) is 5.95. The molecule has 1 aromatic carbocycles. The van der Waals surface area contributed by atoms with Crippen molar-refractivity contribution in [3.05, 3.63) is 42.0 Å². The summed E-state index contributed by atoms with van der Waals surface area (Å²) in [5.74, 6) is 0.589. The minimum absolute atomic E-state index is 0.0221. The van der Waals surface area contributed by atoms with Crippen LogP contribution in [0.2, 0.25) is 0 Å². The molecule has 2 atom stereocenters. The monoisotopic (exact) mass is 372 g/mol.